The molecule has 18 heavy (non-hydrogen) atoms. The van der Waals surface area contributed by atoms with Crippen molar-refractivity contribution in [2.24, 2.45) is 11.7 Å². The molecule has 0 aliphatic heterocycles. The first kappa shape index (κ1) is 14.4. The standard InChI is InChI=1S/C13H18N2O2S/c1-7(2)11(12(14)18)15-13(17)9-4-5-10(16)8(3)6-9/h4-7,11,16H,1-3H3,(H2,14,18)(H,15,17). The lowest BCUT2D eigenvalue weighted by molar-refractivity contribution is 0.0940. The molecule has 0 bridgehead atoms. The molecule has 1 amide bonds. The van der Waals surface area contributed by atoms with Gasteiger partial charge in [-0.05, 0) is 36.6 Å². The van der Waals surface area contributed by atoms with Gasteiger partial charge >= 0.3 is 0 Å². The number of phenolic OH excluding ortho intramolecular Hbond substituents is 1. The molecule has 1 rings (SSSR count). The summed E-state index contributed by atoms with van der Waals surface area (Å²) in [5.41, 5.74) is 6.73. The number of phenols is 1. The van der Waals surface area contributed by atoms with Gasteiger partial charge < -0.3 is 16.2 Å². The molecule has 0 heterocycles. The van der Waals surface area contributed by atoms with Crippen molar-refractivity contribution in [3.8, 4) is 5.75 Å². The highest BCUT2D eigenvalue weighted by atomic mass is 32.1. The fourth-order valence-corrected chi connectivity index (χ4v) is 1.92. The molecule has 0 aliphatic carbocycles. The van der Waals surface area contributed by atoms with Crippen LogP contribution in [0, 0.1) is 12.8 Å². The third-order valence-electron chi connectivity index (χ3n) is 2.72. The number of benzene rings is 1. The number of rotatable bonds is 4. The lowest BCUT2D eigenvalue weighted by Crippen LogP contribution is -2.46. The quantitative estimate of drug-likeness (QED) is 0.726. The minimum atomic E-state index is -0.332. The van der Waals surface area contributed by atoms with Crippen LogP contribution in [0.25, 0.3) is 0 Å². The molecule has 1 atom stereocenters. The maximum Gasteiger partial charge on any atom is 0.251 e. The normalized spacial score (nSPS) is 12.2. The van der Waals surface area contributed by atoms with E-state index in [1.165, 1.54) is 6.07 Å². The third-order valence-corrected chi connectivity index (χ3v) is 2.97. The van der Waals surface area contributed by atoms with Crippen LogP contribution < -0.4 is 11.1 Å². The van der Waals surface area contributed by atoms with Crippen LogP contribution >= 0.6 is 12.2 Å². The number of nitrogens with one attached hydrogen (secondary N) is 1. The van der Waals surface area contributed by atoms with Gasteiger partial charge in [-0.2, -0.15) is 0 Å². The number of carbonyl (C=O) groups excluding carboxylic acids is 1. The van der Waals surface area contributed by atoms with Gasteiger partial charge in [0.2, 0.25) is 0 Å². The van der Waals surface area contributed by atoms with Crippen LogP contribution in [0.5, 0.6) is 5.75 Å². The monoisotopic (exact) mass is 266 g/mol. The van der Waals surface area contributed by atoms with E-state index in [0.717, 1.165) is 0 Å². The van der Waals surface area contributed by atoms with Crippen LogP contribution in [-0.2, 0) is 0 Å². The minimum Gasteiger partial charge on any atom is -0.508 e. The first-order valence-corrected chi connectivity index (χ1v) is 6.13. The number of thiocarbonyl (C=S) groups is 1. The molecule has 0 aromatic heterocycles. The molecule has 5 heteroatoms. The van der Waals surface area contributed by atoms with Crippen LogP contribution in [-0.4, -0.2) is 22.0 Å². The molecular formula is C13H18N2O2S. The smallest absolute Gasteiger partial charge is 0.251 e. The largest absolute Gasteiger partial charge is 0.508 e. The Labute approximate surface area is 112 Å². The Morgan fingerprint density at radius 3 is 2.50 bits per heavy atom. The molecule has 1 aromatic rings. The SMILES string of the molecule is Cc1cc(C(=O)NC(C(N)=S)C(C)C)ccc1O. The van der Waals surface area contributed by atoms with E-state index in [1.54, 1.807) is 19.1 Å². The zero-order chi connectivity index (χ0) is 13.9. The summed E-state index contributed by atoms with van der Waals surface area (Å²) in [7, 11) is 0. The summed E-state index contributed by atoms with van der Waals surface area (Å²) < 4.78 is 0. The summed E-state index contributed by atoms with van der Waals surface area (Å²) >= 11 is 4.93. The van der Waals surface area contributed by atoms with Crippen molar-refractivity contribution in [1.82, 2.24) is 5.32 Å². The average Bonchev–Trinajstić information content (AvgIpc) is 2.28. The van der Waals surface area contributed by atoms with E-state index in [0.29, 0.717) is 11.1 Å². The predicted octanol–water partition coefficient (Wildman–Crippen LogP) is 1.74. The summed E-state index contributed by atoms with van der Waals surface area (Å²) in [6.07, 6.45) is 0. The Kier molecular flexibility index (Phi) is 4.67. The molecule has 1 unspecified atom stereocenters. The number of carbonyl (C=O) groups is 1. The zero-order valence-corrected chi connectivity index (χ0v) is 11.5. The molecule has 0 radical (unpaired) electrons. The molecule has 4 N–H and O–H groups in total. The van der Waals surface area contributed by atoms with Crippen molar-refractivity contribution in [2.45, 2.75) is 26.8 Å². The van der Waals surface area contributed by atoms with Crippen LogP contribution in [0.2, 0.25) is 0 Å². The number of aryl methyl sites for hydroxylation is 1. The summed E-state index contributed by atoms with van der Waals surface area (Å²) in [4.78, 5) is 12.3. The van der Waals surface area contributed by atoms with Crippen LogP contribution in [0.3, 0.4) is 0 Å². The van der Waals surface area contributed by atoms with Gasteiger partial charge in [-0.1, -0.05) is 26.1 Å². The Morgan fingerprint density at radius 1 is 1.44 bits per heavy atom. The third kappa shape index (κ3) is 3.43. The second-order valence-electron chi connectivity index (χ2n) is 4.60. The molecule has 0 saturated heterocycles. The summed E-state index contributed by atoms with van der Waals surface area (Å²) in [6.45, 7) is 5.61. The zero-order valence-electron chi connectivity index (χ0n) is 10.7. The van der Waals surface area contributed by atoms with E-state index in [9.17, 15) is 9.90 Å². The first-order chi connectivity index (χ1) is 8.32. The van der Waals surface area contributed by atoms with Gasteiger partial charge in [0.25, 0.3) is 5.91 Å². The second-order valence-corrected chi connectivity index (χ2v) is 5.07. The molecule has 0 fully saturated rings. The van der Waals surface area contributed by atoms with Gasteiger partial charge in [0, 0.05) is 5.56 Å². The van der Waals surface area contributed by atoms with Gasteiger partial charge in [-0.25, -0.2) is 0 Å². The maximum atomic E-state index is 12.0. The summed E-state index contributed by atoms with van der Waals surface area (Å²) in [6, 6.07) is 4.35. The highest BCUT2D eigenvalue weighted by Gasteiger charge is 2.19. The number of nitrogens with two attached hydrogens (primary N) is 1. The Balaban J connectivity index is 2.87. The van der Waals surface area contributed by atoms with Gasteiger partial charge in [0.15, 0.2) is 0 Å². The van der Waals surface area contributed by atoms with Gasteiger partial charge in [0.05, 0.1) is 11.0 Å². The van der Waals surface area contributed by atoms with Crippen molar-refractivity contribution in [3.05, 3.63) is 29.3 Å². The minimum absolute atomic E-state index is 0.129. The van der Waals surface area contributed by atoms with E-state index < -0.39 is 0 Å². The highest BCUT2D eigenvalue weighted by Crippen LogP contribution is 2.17. The van der Waals surface area contributed by atoms with Crippen LogP contribution in [0.15, 0.2) is 18.2 Å². The van der Waals surface area contributed by atoms with E-state index in [4.69, 9.17) is 18.0 Å². The molecule has 0 spiro atoms. The first-order valence-electron chi connectivity index (χ1n) is 5.72. The van der Waals surface area contributed by atoms with E-state index in [2.05, 4.69) is 5.32 Å². The van der Waals surface area contributed by atoms with Crippen molar-refractivity contribution in [2.75, 3.05) is 0 Å². The fourth-order valence-electron chi connectivity index (χ4n) is 1.59. The van der Waals surface area contributed by atoms with Gasteiger partial charge in [-0.15, -0.1) is 0 Å². The Hall–Kier alpha value is -1.62. The number of hydrogen-bond acceptors (Lipinski definition) is 3. The molecule has 1 aromatic carbocycles. The molecule has 0 aliphatic rings. The lowest BCUT2D eigenvalue weighted by atomic mass is 10.0. The molecule has 4 nitrogen and oxygen atoms in total. The van der Waals surface area contributed by atoms with E-state index in [-0.39, 0.29) is 28.6 Å². The second kappa shape index (κ2) is 5.82. The number of hydrogen-bond donors (Lipinski definition) is 3. The van der Waals surface area contributed by atoms with Gasteiger partial charge in [-0.3, -0.25) is 4.79 Å². The lowest BCUT2D eigenvalue weighted by Gasteiger charge is -2.21. The number of aromatic hydroxyl groups is 1. The molecule has 0 saturated carbocycles. The molecular weight excluding hydrogens is 248 g/mol. The summed E-state index contributed by atoms with van der Waals surface area (Å²) in [5.74, 6) is 0.0515. The van der Waals surface area contributed by atoms with Crippen LogP contribution in [0.4, 0.5) is 0 Å². The average molecular weight is 266 g/mol. The van der Waals surface area contributed by atoms with E-state index >= 15 is 0 Å². The topological polar surface area (TPSA) is 75.4 Å². The van der Waals surface area contributed by atoms with Crippen LogP contribution in [0.1, 0.15) is 29.8 Å². The summed E-state index contributed by atoms with van der Waals surface area (Å²) in [5, 5.41) is 12.2. The van der Waals surface area contributed by atoms with Gasteiger partial charge in [0.1, 0.15) is 5.75 Å². The molecule has 98 valence electrons. The predicted molar refractivity (Wildman–Crippen MR) is 75.7 cm³/mol. The fraction of sp³-hybridized carbons (Fsp3) is 0.385. The van der Waals surface area contributed by atoms with E-state index in [1.807, 2.05) is 13.8 Å². The van der Waals surface area contributed by atoms with Crippen molar-refractivity contribution in [3.63, 3.8) is 0 Å². The van der Waals surface area contributed by atoms with Crippen molar-refractivity contribution < 1.29 is 9.90 Å². The van der Waals surface area contributed by atoms with Crippen molar-refractivity contribution >= 4 is 23.1 Å². The maximum absolute atomic E-state index is 12.0. The Morgan fingerprint density at radius 2 is 2.06 bits per heavy atom. The number of amides is 1. The van der Waals surface area contributed by atoms with Crippen molar-refractivity contribution in [1.29, 1.82) is 0 Å². The Bertz CT molecular complexity index is 472. The highest BCUT2D eigenvalue weighted by molar-refractivity contribution is 7.80.